The molecule has 0 radical (unpaired) electrons. The molecule has 1 unspecified atom stereocenters. The van der Waals surface area contributed by atoms with Crippen LogP contribution in [0.4, 0.5) is 13.2 Å². The average molecular weight is 302 g/mol. The molecule has 1 aromatic heterocycles. The van der Waals surface area contributed by atoms with Gasteiger partial charge in [0, 0.05) is 12.0 Å². The molecule has 106 valence electrons. The van der Waals surface area contributed by atoms with Crippen molar-refractivity contribution in [3.8, 4) is 0 Å². The molecule has 1 aromatic carbocycles. The van der Waals surface area contributed by atoms with Crippen LogP contribution in [-0.4, -0.2) is 10.1 Å². The van der Waals surface area contributed by atoms with Crippen LogP contribution in [0.25, 0.3) is 0 Å². The van der Waals surface area contributed by atoms with Crippen molar-refractivity contribution in [3.05, 3.63) is 64.4 Å². The number of rotatable bonds is 3. The summed E-state index contributed by atoms with van der Waals surface area (Å²) in [6.45, 7) is 0. The fourth-order valence-electron chi connectivity index (χ4n) is 1.80. The lowest BCUT2D eigenvalue weighted by Crippen LogP contribution is -2.10. The second kappa shape index (κ2) is 5.81. The Morgan fingerprint density at radius 2 is 1.75 bits per heavy atom. The van der Waals surface area contributed by atoms with Crippen molar-refractivity contribution in [1.82, 2.24) is 4.98 Å². The van der Waals surface area contributed by atoms with Crippen LogP contribution in [0.1, 0.15) is 22.9 Å². The molecule has 2 rings (SSSR count). The molecule has 2 nitrogen and oxygen atoms in total. The van der Waals surface area contributed by atoms with Gasteiger partial charge in [-0.05, 0) is 11.6 Å². The largest absolute Gasteiger partial charge is 0.433 e. The Hall–Kier alpha value is -1.59. The number of halogens is 4. The van der Waals surface area contributed by atoms with Crippen molar-refractivity contribution in [2.45, 2.75) is 18.7 Å². The van der Waals surface area contributed by atoms with Crippen LogP contribution in [0.2, 0.25) is 5.15 Å². The molecule has 0 bridgehead atoms. The zero-order valence-corrected chi connectivity index (χ0v) is 11.0. The van der Waals surface area contributed by atoms with Gasteiger partial charge in [0.05, 0.1) is 6.10 Å². The molecule has 6 heteroatoms. The van der Waals surface area contributed by atoms with Gasteiger partial charge in [-0.15, -0.1) is 0 Å². The Kier molecular flexibility index (Phi) is 4.30. The molecule has 0 spiro atoms. The molecule has 0 saturated heterocycles. The molecule has 0 aliphatic heterocycles. The van der Waals surface area contributed by atoms with Gasteiger partial charge in [-0.1, -0.05) is 48.0 Å². The summed E-state index contributed by atoms with van der Waals surface area (Å²) in [6, 6.07) is 11.1. The zero-order chi connectivity index (χ0) is 14.8. The second-order valence-corrected chi connectivity index (χ2v) is 4.64. The number of benzene rings is 1. The third-order valence-corrected chi connectivity index (χ3v) is 3.10. The molecular formula is C14H11ClF3NO. The second-order valence-electron chi connectivity index (χ2n) is 4.28. The minimum Gasteiger partial charge on any atom is -0.388 e. The van der Waals surface area contributed by atoms with Crippen molar-refractivity contribution in [2.24, 2.45) is 0 Å². The van der Waals surface area contributed by atoms with Gasteiger partial charge in [-0.2, -0.15) is 13.2 Å². The van der Waals surface area contributed by atoms with Gasteiger partial charge in [-0.25, -0.2) is 4.98 Å². The molecule has 20 heavy (non-hydrogen) atoms. The number of pyridine rings is 1. The molecule has 0 fully saturated rings. The Balaban J connectivity index is 2.21. The molecule has 0 aliphatic rings. The molecule has 0 amide bonds. The first kappa shape index (κ1) is 14.8. The van der Waals surface area contributed by atoms with Gasteiger partial charge in [0.15, 0.2) is 0 Å². The third-order valence-electron chi connectivity index (χ3n) is 2.80. The monoisotopic (exact) mass is 301 g/mol. The van der Waals surface area contributed by atoms with E-state index in [0.717, 1.165) is 17.7 Å². The minimum atomic E-state index is -4.55. The third kappa shape index (κ3) is 3.49. The number of aliphatic hydroxyl groups is 1. The lowest BCUT2D eigenvalue weighted by Gasteiger charge is -2.14. The summed E-state index contributed by atoms with van der Waals surface area (Å²) in [5.41, 5.74) is -0.0300. The maximum atomic E-state index is 12.5. The molecular weight excluding hydrogens is 291 g/mol. The van der Waals surface area contributed by atoms with Crippen LogP contribution in [0.15, 0.2) is 42.5 Å². The highest BCUT2D eigenvalue weighted by Gasteiger charge is 2.33. The maximum Gasteiger partial charge on any atom is 0.433 e. The Morgan fingerprint density at radius 3 is 2.30 bits per heavy atom. The fourth-order valence-corrected chi connectivity index (χ4v) is 2.08. The predicted octanol–water partition coefficient (Wildman–Crippen LogP) is 4.03. The summed E-state index contributed by atoms with van der Waals surface area (Å²) in [5, 5.41) is 9.71. The topological polar surface area (TPSA) is 33.1 Å². The van der Waals surface area contributed by atoms with Gasteiger partial charge in [0.1, 0.15) is 10.8 Å². The van der Waals surface area contributed by atoms with Crippen molar-refractivity contribution in [2.75, 3.05) is 0 Å². The van der Waals surface area contributed by atoms with E-state index in [0.29, 0.717) is 0 Å². The lowest BCUT2D eigenvalue weighted by atomic mass is 10.0. The lowest BCUT2D eigenvalue weighted by molar-refractivity contribution is -0.141. The number of hydrogen-bond donors (Lipinski definition) is 1. The quantitative estimate of drug-likeness (QED) is 0.868. The Morgan fingerprint density at radius 1 is 1.10 bits per heavy atom. The summed E-state index contributed by atoms with van der Waals surface area (Å²) in [4.78, 5) is 3.29. The predicted molar refractivity (Wildman–Crippen MR) is 69.4 cm³/mol. The highest BCUT2D eigenvalue weighted by atomic mass is 35.5. The first-order chi connectivity index (χ1) is 9.38. The van der Waals surface area contributed by atoms with Crippen LogP contribution in [0.5, 0.6) is 0 Å². The van der Waals surface area contributed by atoms with Crippen molar-refractivity contribution in [1.29, 1.82) is 0 Å². The van der Waals surface area contributed by atoms with Crippen LogP contribution < -0.4 is 0 Å². The van der Waals surface area contributed by atoms with Crippen LogP contribution in [0, 0.1) is 0 Å². The normalized spacial score (nSPS) is 13.2. The molecule has 0 aliphatic carbocycles. The van der Waals surface area contributed by atoms with E-state index in [1.807, 2.05) is 30.3 Å². The fraction of sp³-hybridized carbons (Fsp3) is 0.214. The van der Waals surface area contributed by atoms with Crippen molar-refractivity contribution in [3.63, 3.8) is 0 Å². The average Bonchev–Trinajstić information content (AvgIpc) is 2.38. The molecule has 1 N–H and O–H groups in total. The molecule has 0 saturated carbocycles. The Bertz CT molecular complexity index is 587. The standard InChI is InChI=1S/C14H11ClF3NO/c15-13-10(6-7-12(19-13)14(16,17)18)11(20)8-9-4-2-1-3-5-9/h1-7,11,20H,8H2. The maximum absolute atomic E-state index is 12.5. The first-order valence-electron chi connectivity index (χ1n) is 5.83. The highest BCUT2D eigenvalue weighted by molar-refractivity contribution is 6.30. The van der Waals surface area contributed by atoms with Crippen molar-refractivity contribution < 1.29 is 18.3 Å². The number of nitrogens with zero attached hydrogens (tertiary/aromatic N) is 1. The summed E-state index contributed by atoms with van der Waals surface area (Å²) in [6.07, 6.45) is -5.29. The van der Waals surface area contributed by atoms with Gasteiger partial charge in [0.25, 0.3) is 0 Å². The summed E-state index contributed by atoms with van der Waals surface area (Å²) in [7, 11) is 0. The van der Waals surface area contributed by atoms with Crippen LogP contribution >= 0.6 is 11.6 Å². The zero-order valence-electron chi connectivity index (χ0n) is 10.2. The van der Waals surface area contributed by atoms with Gasteiger partial charge >= 0.3 is 6.18 Å². The molecule has 2 aromatic rings. The smallest absolute Gasteiger partial charge is 0.388 e. The van der Waals surface area contributed by atoms with Gasteiger partial charge in [0.2, 0.25) is 0 Å². The Labute approximate surface area is 118 Å². The highest BCUT2D eigenvalue weighted by Crippen LogP contribution is 2.31. The van der Waals surface area contributed by atoms with E-state index in [1.54, 1.807) is 0 Å². The summed E-state index contributed by atoms with van der Waals surface area (Å²) < 4.78 is 37.4. The van der Waals surface area contributed by atoms with E-state index in [2.05, 4.69) is 4.98 Å². The van der Waals surface area contributed by atoms with E-state index in [-0.39, 0.29) is 17.1 Å². The summed E-state index contributed by atoms with van der Waals surface area (Å²) in [5.74, 6) is 0. The number of alkyl halides is 3. The van der Waals surface area contributed by atoms with Gasteiger partial charge < -0.3 is 5.11 Å². The first-order valence-corrected chi connectivity index (χ1v) is 6.21. The molecule has 1 atom stereocenters. The number of hydrogen-bond acceptors (Lipinski definition) is 2. The van der Waals surface area contributed by atoms with E-state index < -0.39 is 18.0 Å². The molecule has 1 heterocycles. The summed E-state index contributed by atoms with van der Waals surface area (Å²) >= 11 is 5.73. The number of aromatic nitrogens is 1. The van der Waals surface area contributed by atoms with Crippen LogP contribution in [-0.2, 0) is 12.6 Å². The minimum absolute atomic E-state index is 0.184. The van der Waals surface area contributed by atoms with Crippen LogP contribution in [0.3, 0.4) is 0 Å². The van der Waals surface area contributed by atoms with Gasteiger partial charge in [-0.3, -0.25) is 0 Å². The number of aliphatic hydroxyl groups excluding tert-OH is 1. The van der Waals surface area contributed by atoms with E-state index >= 15 is 0 Å². The van der Waals surface area contributed by atoms with E-state index in [1.165, 1.54) is 0 Å². The van der Waals surface area contributed by atoms with E-state index in [4.69, 9.17) is 11.6 Å². The van der Waals surface area contributed by atoms with E-state index in [9.17, 15) is 18.3 Å². The SMILES string of the molecule is OC(Cc1ccccc1)c1ccc(C(F)(F)F)nc1Cl. The van der Waals surface area contributed by atoms with Crippen molar-refractivity contribution >= 4 is 11.6 Å².